The minimum absolute atomic E-state index is 1.06. The minimum atomic E-state index is 1.06. The zero-order valence-corrected chi connectivity index (χ0v) is 43.5. The summed E-state index contributed by atoms with van der Waals surface area (Å²) in [6.45, 7) is 28.8. The number of anilines is 9. The molecule has 0 spiro atoms. The lowest BCUT2D eigenvalue weighted by atomic mass is 9.92. The van der Waals surface area contributed by atoms with Crippen molar-refractivity contribution < 1.29 is 0 Å². The van der Waals surface area contributed by atoms with Crippen molar-refractivity contribution in [1.82, 2.24) is 0 Å². The molecule has 0 unspecified atom stereocenters. The van der Waals surface area contributed by atoms with Crippen molar-refractivity contribution in [3.8, 4) is 22.3 Å². The maximum atomic E-state index is 2.49. The molecule has 0 radical (unpaired) electrons. The third kappa shape index (κ3) is 9.94. The van der Waals surface area contributed by atoms with E-state index in [0.717, 1.165) is 51.2 Å². The molecule has 0 fully saturated rings. The number of rotatable bonds is 11. The molecule has 0 aliphatic rings. The van der Waals surface area contributed by atoms with Crippen molar-refractivity contribution in [3.63, 3.8) is 0 Å². The third-order valence-corrected chi connectivity index (χ3v) is 13.5. The lowest BCUT2D eigenvalue weighted by Gasteiger charge is -2.33. The second-order valence-electron chi connectivity index (χ2n) is 20.2. The molecule has 9 rings (SSSR count). The first-order valence-corrected chi connectivity index (χ1v) is 24.7. The molecule has 70 heavy (non-hydrogen) atoms. The summed E-state index contributed by atoms with van der Waals surface area (Å²) in [6.07, 6.45) is 0. The third-order valence-electron chi connectivity index (χ3n) is 13.5. The van der Waals surface area contributed by atoms with Crippen LogP contribution >= 0.6 is 0 Å². The Bertz CT molecular complexity index is 3130. The summed E-state index contributed by atoms with van der Waals surface area (Å²) in [6, 6.07) is 64.4. The number of hydrogen-bond donors (Lipinski definition) is 0. The van der Waals surface area contributed by atoms with Gasteiger partial charge in [0.1, 0.15) is 0 Å². The highest BCUT2D eigenvalue weighted by Crippen LogP contribution is 2.48. The van der Waals surface area contributed by atoms with Crippen molar-refractivity contribution in [1.29, 1.82) is 0 Å². The van der Waals surface area contributed by atoms with Crippen molar-refractivity contribution in [2.75, 3.05) is 14.7 Å². The van der Waals surface area contributed by atoms with Crippen LogP contribution in [0.4, 0.5) is 51.2 Å². The molecule has 0 N–H and O–H groups in total. The molecular weight excluding hydrogens is 847 g/mol. The largest absolute Gasteiger partial charge is 0.310 e. The zero-order valence-electron chi connectivity index (χ0n) is 43.5. The Balaban J connectivity index is 1.41. The van der Waals surface area contributed by atoms with Crippen molar-refractivity contribution in [2.45, 2.75) is 90.0 Å². The van der Waals surface area contributed by atoms with Gasteiger partial charge in [-0.1, -0.05) is 89.5 Å². The van der Waals surface area contributed by atoms with Gasteiger partial charge in [0, 0.05) is 51.2 Å². The summed E-state index contributed by atoms with van der Waals surface area (Å²) < 4.78 is 0. The summed E-state index contributed by atoms with van der Waals surface area (Å²) in [5, 5.41) is 0. The van der Waals surface area contributed by atoms with Gasteiger partial charge in [-0.2, -0.15) is 0 Å². The molecule has 9 aromatic carbocycles. The summed E-state index contributed by atoms with van der Waals surface area (Å²) >= 11 is 0. The monoisotopic (exact) mass is 914 g/mol. The minimum Gasteiger partial charge on any atom is -0.310 e. The van der Waals surface area contributed by atoms with E-state index in [1.807, 2.05) is 0 Å². The molecule has 0 saturated heterocycles. The lowest BCUT2D eigenvalue weighted by Crippen LogP contribution is -2.16. The van der Waals surface area contributed by atoms with E-state index in [2.05, 4.69) is 275 Å². The standard InChI is InChI=1S/C67H67N3/c1-42-20-22-57(23-21-42)68(62-36-55(66-51(10)26-49(8)27-52(66)11)38-64(40-62)69(58-18-14-16-43(2)30-58)60-32-45(4)24-46(5)33-60)63-37-56(67-53(12)28-50(9)29-54(67)13)39-65(41-63)70(59-19-15-17-44(3)31-59)61-34-47(6)25-48(7)35-61/h14-41H,1-13H3. The zero-order chi connectivity index (χ0) is 49.5. The van der Waals surface area contributed by atoms with Crippen LogP contribution in [0.15, 0.2) is 170 Å². The number of hydrogen-bond acceptors (Lipinski definition) is 3. The molecule has 3 heteroatoms. The van der Waals surface area contributed by atoms with Crippen LogP contribution in [0.25, 0.3) is 22.3 Å². The smallest absolute Gasteiger partial charge is 0.0488 e. The van der Waals surface area contributed by atoms with Gasteiger partial charge in [0.15, 0.2) is 0 Å². The van der Waals surface area contributed by atoms with Crippen molar-refractivity contribution in [2.24, 2.45) is 0 Å². The van der Waals surface area contributed by atoms with Gasteiger partial charge in [-0.3, -0.25) is 0 Å². The highest BCUT2D eigenvalue weighted by Gasteiger charge is 2.24. The SMILES string of the molecule is Cc1ccc(N(c2cc(-c3c(C)cc(C)cc3C)cc(N(c3cccc(C)c3)c3cc(C)cc(C)c3)c2)c2cc(-c3c(C)cc(C)cc3C)cc(N(c3cccc(C)c3)c3cc(C)cc(C)c3)c2)cc1. The molecule has 9 aromatic rings. The van der Waals surface area contributed by atoms with E-state index in [1.165, 1.54) is 94.6 Å². The van der Waals surface area contributed by atoms with Crippen LogP contribution in [0.5, 0.6) is 0 Å². The Morgan fingerprint density at radius 2 is 0.486 bits per heavy atom. The molecule has 0 heterocycles. The highest BCUT2D eigenvalue weighted by molar-refractivity contribution is 5.92. The molecule has 0 amide bonds. The van der Waals surface area contributed by atoms with E-state index in [9.17, 15) is 0 Å². The Kier molecular flexibility index (Phi) is 13.2. The first-order valence-electron chi connectivity index (χ1n) is 24.7. The Hall–Kier alpha value is -7.62. The van der Waals surface area contributed by atoms with Crippen LogP contribution in [-0.2, 0) is 0 Å². The van der Waals surface area contributed by atoms with E-state index in [0.29, 0.717) is 0 Å². The van der Waals surface area contributed by atoms with E-state index in [1.54, 1.807) is 0 Å². The molecule has 0 aromatic heterocycles. The fraction of sp³-hybridized carbons (Fsp3) is 0.194. The van der Waals surface area contributed by atoms with Crippen LogP contribution < -0.4 is 14.7 Å². The summed E-state index contributed by atoms with van der Waals surface area (Å²) in [4.78, 5) is 7.39. The fourth-order valence-corrected chi connectivity index (χ4v) is 11.0. The highest BCUT2D eigenvalue weighted by atomic mass is 15.2. The number of nitrogens with zero attached hydrogens (tertiary/aromatic N) is 3. The predicted octanol–water partition coefficient (Wildman–Crippen LogP) is 19.4. The van der Waals surface area contributed by atoms with Crippen LogP contribution in [0.3, 0.4) is 0 Å². The number of aryl methyl sites for hydroxylation is 13. The van der Waals surface area contributed by atoms with E-state index >= 15 is 0 Å². The van der Waals surface area contributed by atoms with Gasteiger partial charge in [-0.25, -0.2) is 0 Å². The van der Waals surface area contributed by atoms with Crippen molar-refractivity contribution >= 4 is 51.2 Å². The van der Waals surface area contributed by atoms with Gasteiger partial charge in [0.2, 0.25) is 0 Å². The normalized spacial score (nSPS) is 11.2. The van der Waals surface area contributed by atoms with Gasteiger partial charge >= 0.3 is 0 Å². The molecular formula is C67H67N3. The number of benzene rings is 9. The van der Waals surface area contributed by atoms with Crippen LogP contribution in [-0.4, -0.2) is 0 Å². The van der Waals surface area contributed by atoms with Crippen molar-refractivity contribution in [3.05, 3.63) is 242 Å². The maximum absolute atomic E-state index is 2.49. The fourth-order valence-electron chi connectivity index (χ4n) is 11.0. The molecule has 0 saturated carbocycles. The molecule has 0 aliphatic heterocycles. The van der Waals surface area contributed by atoms with Gasteiger partial charge in [-0.05, 0) is 265 Å². The van der Waals surface area contributed by atoms with E-state index < -0.39 is 0 Å². The first-order chi connectivity index (χ1) is 33.5. The molecule has 0 aliphatic carbocycles. The summed E-state index contributed by atoms with van der Waals surface area (Å²) in [5.74, 6) is 0. The molecule has 3 nitrogen and oxygen atoms in total. The van der Waals surface area contributed by atoms with Crippen LogP contribution in [0.1, 0.15) is 72.3 Å². The molecule has 0 atom stereocenters. The van der Waals surface area contributed by atoms with E-state index in [4.69, 9.17) is 0 Å². The van der Waals surface area contributed by atoms with Gasteiger partial charge in [-0.15, -0.1) is 0 Å². The molecule has 0 bridgehead atoms. The molecule has 350 valence electrons. The van der Waals surface area contributed by atoms with Crippen LogP contribution in [0, 0.1) is 90.0 Å². The lowest BCUT2D eigenvalue weighted by molar-refractivity contribution is 1.21. The maximum Gasteiger partial charge on any atom is 0.0488 e. The average Bonchev–Trinajstić information content (AvgIpc) is 3.26. The topological polar surface area (TPSA) is 9.72 Å². The Morgan fingerprint density at radius 1 is 0.200 bits per heavy atom. The first kappa shape index (κ1) is 47.4. The Labute approximate surface area is 418 Å². The quantitative estimate of drug-likeness (QED) is 0.128. The summed E-state index contributed by atoms with van der Waals surface area (Å²) in [5.41, 5.74) is 30.8. The van der Waals surface area contributed by atoms with Gasteiger partial charge in [0.05, 0.1) is 0 Å². The summed E-state index contributed by atoms with van der Waals surface area (Å²) in [7, 11) is 0. The second kappa shape index (κ2) is 19.4. The van der Waals surface area contributed by atoms with E-state index in [-0.39, 0.29) is 0 Å². The second-order valence-corrected chi connectivity index (χ2v) is 20.2. The van der Waals surface area contributed by atoms with Gasteiger partial charge < -0.3 is 14.7 Å². The van der Waals surface area contributed by atoms with Gasteiger partial charge in [0.25, 0.3) is 0 Å². The predicted molar refractivity (Wildman–Crippen MR) is 303 cm³/mol. The Morgan fingerprint density at radius 3 is 0.814 bits per heavy atom. The van der Waals surface area contributed by atoms with Crippen LogP contribution in [0.2, 0.25) is 0 Å². The average molecular weight is 914 g/mol.